The number of carbonyl (C=O) groups excluding carboxylic acids is 1. The van der Waals surface area contributed by atoms with Gasteiger partial charge in [0.05, 0.1) is 5.54 Å². The quantitative estimate of drug-likeness (QED) is 0.732. The highest BCUT2D eigenvalue weighted by atomic mass is 16.1. The van der Waals surface area contributed by atoms with Crippen molar-refractivity contribution < 1.29 is 4.79 Å². The van der Waals surface area contributed by atoms with E-state index in [0.29, 0.717) is 6.04 Å². The number of nitrogens with zero attached hydrogens (tertiary/aromatic N) is 2. The SMILES string of the molecule is CN(C)C1CCN(C(C)(C)C(N)=O)CC1. The first-order valence-electron chi connectivity index (χ1n) is 5.57. The molecule has 1 heterocycles. The van der Waals surface area contributed by atoms with Gasteiger partial charge in [0.25, 0.3) is 0 Å². The molecular weight excluding hydrogens is 190 g/mol. The smallest absolute Gasteiger partial charge is 0.237 e. The summed E-state index contributed by atoms with van der Waals surface area (Å²) in [6.07, 6.45) is 2.23. The van der Waals surface area contributed by atoms with Crippen molar-refractivity contribution in [3.8, 4) is 0 Å². The van der Waals surface area contributed by atoms with Gasteiger partial charge in [-0.1, -0.05) is 0 Å². The highest BCUT2D eigenvalue weighted by molar-refractivity contribution is 5.83. The van der Waals surface area contributed by atoms with Gasteiger partial charge in [-0.2, -0.15) is 0 Å². The Balaban J connectivity index is 2.54. The number of likely N-dealkylation sites (tertiary alicyclic amines) is 1. The second-order valence-electron chi connectivity index (χ2n) is 5.11. The summed E-state index contributed by atoms with van der Waals surface area (Å²) >= 11 is 0. The van der Waals surface area contributed by atoms with Crippen LogP contribution in [-0.4, -0.2) is 54.5 Å². The first-order valence-corrected chi connectivity index (χ1v) is 5.57. The van der Waals surface area contributed by atoms with Crippen molar-refractivity contribution in [3.05, 3.63) is 0 Å². The standard InChI is InChI=1S/C11H23N3O/c1-11(2,10(12)15)14-7-5-9(6-8-14)13(3)4/h9H,5-8H2,1-4H3,(H2,12,15). The predicted octanol–water partition coefficient (Wildman–Crippen LogP) is 0.276. The van der Waals surface area contributed by atoms with E-state index in [0.717, 1.165) is 25.9 Å². The Morgan fingerprint density at radius 1 is 1.33 bits per heavy atom. The third-order valence-electron chi connectivity index (χ3n) is 3.59. The van der Waals surface area contributed by atoms with E-state index < -0.39 is 5.54 Å². The van der Waals surface area contributed by atoms with Gasteiger partial charge in [0.2, 0.25) is 5.91 Å². The Morgan fingerprint density at radius 3 is 2.13 bits per heavy atom. The van der Waals surface area contributed by atoms with E-state index in [-0.39, 0.29) is 5.91 Å². The monoisotopic (exact) mass is 213 g/mol. The van der Waals surface area contributed by atoms with E-state index in [1.165, 1.54) is 0 Å². The van der Waals surface area contributed by atoms with Crippen molar-refractivity contribution in [2.75, 3.05) is 27.2 Å². The first kappa shape index (κ1) is 12.5. The molecule has 1 fully saturated rings. The van der Waals surface area contributed by atoms with Gasteiger partial charge in [-0.3, -0.25) is 9.69 Å². The van der Waals surface area contributed by atoms with Gasteiger partial charge in [0, 0.05) is 19.1 Å². The normalized spacial score (nSPS) is 20.9. The van der Waals surface area contributed by atoms with Crippen molar-refractivity contribution in [1.82, 2.24) is 9.80 Å². The molecule has 0 aliphatic carbocycles. The Morgan fingerprint density at radius 2 is 1.80 bits per heavy atom. The maximum atomic E-state index is 11.3. The molecule has 88 valence electrons. The fourth-order valence-corrected chi connectivity index (χ4v) is 2.10. The Labute approximate surface area is 92.4 Å². The zero-order valence-corrected chi connectivity index (χ0v) is 10.3. The van der Waals surface area contributed by atoms with Crippen LogP contribution in [0.1, 0.15) is 26.7 Å². The van der Waals surface area contributed by atoms with Gasteiger partial charge in [0.15, 0.2) is 0 Å². The van der Waals surface area contributed by atoms with Crippen LogP contribution in [0.3, 0.4) is 0 Å². The molecule has 0 aromatic heterocycles. The average molecular weight is 213 g/mol. The van der Waals surface area contributed by atoms with Gasteiger partial charge < -0.3 is 10.6 Å². The number of carbonyl (C=O) groups is 1. The molecule has 1 aliphatic rings. The summed E-state index contributed by atoms with van der Waals surface area (Å²) in [4.78, 5) is 15.8. The minimum absolute atomic E-state index is 0.231. The van der Waals surface area contributed by atoms with E-state index >= 15 is 0 Å². The maximum absolute atomic E-state index is 11.3. The molecule has 0 spiro atoms. The van der Waals surface area contributed by atoms with Gasteiger partial charge in [-0.15, -0.1) is 0 Å². The van der Waals surface area contributed by atoms with Gasteiger partial charge >= 0.3 is 0 Å². The second kappa shape index (κ2) is 4.49. The van der Waals surface area contributed by atoms with Gasteiger partial charge in [0.1, 0.15) is 0 Å². The molecule has 1 rings (SSSR count). The number of nitrogens with two attached hydrogens (primary N) is 1. The summed E-state index contributed by atoms with van der Waals surface area (Å²) < 4.78 is 0. The molecule has 0 radical (unpaired) electrons. The van der Waals surface area contributed by atoms with Crippen molar-refractivity contribution in [2.24, 2.45) is 5.73 Å². The van der Waals surface area contributed by atoms with Crippen LogP contribution in [-0.2, 0) is 4.79 Å². The fraction of sp³-hybridized carbons (Fsp3) is 0.909. The van der Waals surface area contributed by atoms with Crippen LogP contribution in [0.4, 0.5) is 0 Å². The van der Waals surface area contributed by atoms with Gasteiger partial charge in [-0.25, -0.2) is 0 Å². The molecular formula is C11H23N3O. The number of piperidine rings is 1. The summed E-state index contributed by atoms with van der Waals surface area (Å²) in [6, 6.07) is 0.643. The molecule has 0 atom stereocenters. The van der Waals surface area contributed by atoms with Crippen molar-refractivity contribution in [1.29, 1.82) is 0 Å². The number of primary amides is 1. The summed E-state index contributed by atoms with van der Waals surface area (Å²) in [7, 11) is 4.22. The van der Waals surface area contributed by atoms with Gasteiger partial charge in [-0.05, 0) is 40.8 Å². The van der Waals surface area contributed by atoms with Crippen LogP contribution >= 0.6 is 0 Å². The molecule has 2 N–H and O–H groups in total. The molecule has 4 heteroatoms. The number of hydrogen-bond acceptors (Lipinski definition) is 3. The lowest BCUT2D eigenvalue weighted by molar-refractivity contribution is -0.129. The Hall–Kier alpha value is -0.610. The van der Waals surface area contributed by atoms with Crippen LogP contribution in [0.15, 0.2) is 0 Å². The van der Waals surface area contributed by atoms with Crippen molar-refractivity contribution in [2.45, 2.75) is 38.3 Å². The Kier molecular flexibility index (Phi) is 3.73. The molecule has 0 unspecified atom stereocenters. The number of hydrogen-bond donors (Lipinski definition) is 1. The second-order valence-corrected chi connectivity index (χ2v) is 5.11. The molecule has 4 nitrogen and oxygen atoms in total. The van der Waals surface area contributed by atoms with Crippen LogP contribution < -0.4 is 5.73 Å². The predicted molar refractivity (Wildman–Crippen MR) is 61.6 cm³/mol. The summed E-state index contributed by atoms with van der Waals surface area (Å²) in [5.74, 6) is -0.231. The van der Waals surface area contributed by atoms with E-state index in [4.69, 9.17) is 5.73 Å². The molecule has 1 amide bonds. The van der Waals surface area contributed by atoms with Crippen LogP contribution in [0, 0.1) is 0 Å². The molecule has 15 heavy (non-hydrogen) atoms. The summed E-state index contributed by atoms with van der Waals surface area (Å²) in [5, 5.41) is 0. The molecule has 0 aromatic rings. The zero-order chi connectivity index (χ0) is 11.6. The number of amides is 1. The van der Waals surface area contributed by atoms with Crippen LogP contribution in [0.2, 0.25) is 0 Å². The van der Waals surface area contributed by atoms with Crippen molar-refractivity contribution >= 4 is 5.91 Å². The van der Waals surface area contributed by atoms with E-state index in [1.807, 2.05) is 13.8 Å². The highest BCUT2D eigenvalue weighted by Crippen LogP contribution is 2.22. The Bertz CT molecular complexity index is 230. The third kappa shape index (κ3) is 2.69. The zero-order valence-electron chi connectivity index (χ0n) is 10.3. The summed E-state index contributed by atoms with van der Waals surface area (Å²) in [5.41, 5.74) is 4.90. The fourth-order valence-electron chi connectivity index (χ4n) is 2.10. The topological polar surface area (TPSA) is 49.6 Å². The molecule has 0 bridgehead atoms. The summed E-state index contributed by atoms with van der Waals surface area (Å²) in [6.45, 7) is 5.73. The lowest BCUT2D eigenvalue weighted by Gasteiger charge is -2.42. The largest absolute Gasteiger partial charge is 0.368 e. The molecule has 0 saturated carbocycles. The van der Waals surface area contributed by atoms with E-state index in [1.54, 1.807) is 0 Å². The maximum Gasteiger partial charge on any atom is 0.237 e. The van der Waals surface area contributed by atoms with Crippen molar-refractivity contribution in [3.63, 3.8) is 0 Å². The van der Waals surface area contributed by atoms with E-state index in [9.17, 15) is 4.79 Å². The molecule has 1 aliphatic heterocycles. The van der Waals surface area contributed by atoms with Crippen LogP contribution in [0.5, 0.6) is 0 Å². The highest BCUT2D eigenvalue weighted by Gasteiger charge is 2.35. The minimum Gasteiger partial charge on any atom is -0.368 e. The lowest BCUT2D eigenvalue weighted by atomic mass is 9.95. The lowest BCUT2D eigenvalue weighted by Crippen LogP contribution is -2.57. The number of rotatable bonds is 3. The van der Waals surface area contributed by atoms with E-state index in [2.05, 4.69) is 23.9 Å². The average Bonchev–Trinajstić information content (AvgIpc) is 2.17. The minimum atomic E-state index is -0.503. The van der Waals surface area contributed by atoms with Crippen LogP contribution in [0.25, 0.3) is 0 Å². The molecule has 1 saturated heterocycles. The first-order chi connectivity index (χ1) is 6.85. The molecule has 0 aromatic carbocycles. The third-order valence-corrected chi connectivity index (χ3v) is 3.59.